The van der Waals surface area contributed by atoms with Crippen molar-refractivity contribution in [1.29, 1.82) is 0 Å². The third-order valence-corrected chi connectivity index (χ3v) is 1.03. The number of hydrogen-bond donors (Lipinski definition) is 2. The fraction of sp³-hybridized carbons (Fsp3) is 1.00. The molecule has 2 N–H and O–H groups in total. The van der Waals surface area contributed by atoms with E-state index in [2.05, 4.69) is 4.74 Å². The van der Waals surface area contributed by atoms with Gasteiger partial charge in [-0.15, -0.1) is 0 Å². The van der Waals surface area contributed by atoms with Crippen LogP contribution in [-0.4, -0.2) is 29.2 Å². The van der Waals surface area contributed by atoms with Crippen LogP contribution in [0.15, 0.2) is 0 Å². The highest BCUT2D eigenvalue weighted by Gasteiger charge is 2.22. The van der Waals surface area contributed by atoms with Crippen LogP contribution in [0.3, 0.4) is 0 Å². The van der Waals surface area contributed by atoms with Gasteiger partial charge < -0.3 is 14.9 Å². The van der Waals surface area contributed by atoms with Crippen LogP contribution in [0.5, 0.6) is 0 Å². The first-order valence-corrected chi connectivity index (χ1v) is 2.28. The van der Waals surface area contributed by atoms with Crippen LogP contribution < -0.4 is 0 Å². The molecule has 0 saturated carbocycles. The third kappa shape index (κ3) is 0.907. The lowest BCUT2D eigenvalue weighted by atomic mass is 10.3. The summed E-state index contributed by atoms with van der Waals surface area (Å²) >= 11 is 0. The Morgan fingerprint density at radius 2 is 2.14 bits per heavy atom. The molecule has 2 unspecified atom stereocenters. The largest absolute Gasteiger partial charge is 0.388 e. The van der Waals surface area contributed by atoms with Crippen LogP contribution in [-0.2, 0) is 4.74 Å². The van der Waals surface area contributed by atoms with Crippen molar-refractivity contribution in [2.45, 2.75) is 18.8 Å². The highest BCUT2D eigenvalue weighted by molar-refractivity contribution is 4.63. The van der Waals surface area contributed by atoms with E-state index in [0.29, 0.717) is 13.0 Å². The summed E-state index contributed by atoms with van der Waals surface area (Å²) in [4.78, 5) is 0. The molecule has 1 aliphatic rings. The second-order valence-corrected chi connectivity index (χ2v) is 1.62. The molecular weight excluding hydrogens is 96.0 g/mol. The van der Waals surface area contributed by atoms with Gasteiger partial charge in [0.05, 0.1) is 6.61 Å². The van der Waals surface area contributed by atoms with Gasteiger partial charge in [-0.3, -0.25) is 0 Å². The Morgan fingerprint density at radius 3 is 2.29 bits per heavy atom. The zero-order valence-electron chi connectivity index (χ0n) is 3.87. The van der Waals surface area contributed by atoms with Gasteiger partial charge in [0.25, 0.3) is 0 Å². The summed E-state index contributed by atoms with van der Waals surface area (Å²) in [5.41, 5.74) is 0. The molecule has 1 rings (SSSR count). The molecule has 0 aliphatic carbocycles. The summed E-state index contributed by atoms with van der Waals surface area (Å²) in [6.07, 6.45) is -1.03. The predicted molar refractivity (Wildman–Crippen MR) is 22.6 cm³/mol. The Kier molecular flexibility index (Phi) is 1.27. The Hall–Kier alpha value is -0.120. The summed E-state index contributed by atoms with van der Waals surface area (Å²) in [5.74, 6) is 0. The average molecular weight is 104 g/mol. The maximum atomic E-state index is 8.62. The highest BCUT2D eigenvalue weighted by Crippen LogP contribution is 2.08. The molecule has 0 bridgehead atoms. The van der Waals surface area contributed by atoms with Gasteiger partial charge in [0, 0.05) is 6.42 Å². The second-order valence-electron chi connectivity index (χ2n) is 1.62. The van der Waals surface area contributed by atoms with Crippen molar-refractivity contribution < 1.29 is 14.9 Å². The third-order valence-electron chi connectivity index (χ3n) is 1.03. The fourth-order valence-corrected chi connectivity index (χ4v) is 0.563. The summed E-state index contributed by atoms with van der Waals surface area (Å²) in [6, 6.07) is 0. The molecule has 7 heavy (non-hydrogen) atoms. The summed E-state index contributed by atoms with van der Waals surface area (Å²) in [6.45, 7) is 0.475. The van der Waals surface area contributed by atoms with Crippen LogP contribution in [0.4, 0.5) is 0 Å². The van der Waals surface area contributed by atoms with E-state index in [1.807, 2.05) is 0 Å². The first-order valence-electron chi connectivity index (χ1n) is 2.28. The van der Waals surface area contributed by atoms with Gasteiger partial charge in [0.2, 0.25) is 0 Å². The SMILES string of the molecule is OC1CCOC1O. The van der Waals surface area contributed by atoms with E-state index in [4.69, 9.17) is 10.2 Å². The normalized spacial score (nSPS) is 42.0. The maximum Gasteiger partial charge on any atom is 0.180 e. The molecule has 0 aromatic heterocycles. The van der Waals surface area contributed by atoms with Crippen molar-refractivity contribution >= 4 is 0 Å². The lowest BCUT2D eigenvalue weighted by molar-refractivity contribution is -0.107. The lowest BCUT2D eigenvalue weighted by Crippen LogP contribution is -2.18. The van der Waals surface area contributed by atoms with Crippen LogP contribution in [0.2, 0.25) is 0 Å². The van der Waals surface area contributed by atoms with Crippen molar-refractivity contribution in [3.63, 3.8) is 0 Å². The van der Waals surface area contributed by atoms with Crippen molar-refractivity contribution in [2.75, 3.05) is 6.61 Å². The standard InChI is InChI=1S/C4H8O3/c5-3-1-2-7-4(3)6/h3-6H,1-2H2. The zero-order valence-corrected chi connectivity index (χ0v) is 3.87. The minimum atomic E-state index is -0.931. The monoisotopic (exact) mass is 104 g/mol. The average Bonchev–Trinajstić information content (AvgIpc) is 1.91. The molecule has 0 aromatic rings. The maximum absolute atomic E-state index is 8.62. The Labute approximate surface area is 41.5 Å². The van der Waals surface area contributed by atoms with E-state index in [9.17, 15) is 0 Å². The molecule has 2 atom stereocenters. The summed E-state index contributed by atoms with van der Waals surface area (Å²) in [5, 5.41) is 17.1. The van der Waals surface area contributed by atoms with Crippen molar-refractivity contribution in [3.8, 4) is 0 Å². The molecule has 0 amide bonds. The highest BCUT2D eigenvalue weighted by atomic mass is 16.6. The van der Waals surface area contributed by atoms with E-state index >= 15 is 0 Å². The van der Waals surface area contributed by atoms with Gasteiger partial charge in [-0.2, -0.15) is 0 Å². The number of aliphatic hydroxyl groups excluding tert-OH is 2. The lowest BCUT2D eigenvalue weighted by Gasteiger charge is -2.02. The first-order chi connectivity index (χ1) is 3.30. The zero-order chi connectivity index (χ0) is 5.28. The molecule has 0 spiro atoms. The minimum absolute atomic E-state index is 0.475. The molecule has 0 radical (unpaired) electrons. The molecule has 0 aromatic carbocycles. The molecule has 1 fully saturated rings. The molecule has 3 heteroatoms. The summed E-state index contributed by atoms with van der Waals surface area (Å²) < 4.78 is 4.57. The minimum Gasteiger partial charge on any atom is -0.388 e. The molecule has 1 saturated heterocycles. The van der Waals surface area contributed by atoms with Crippen LogP contribution in [0.1, 0.15) is 6.42 Å². The second kappa shape index (κ2) is 1.78. The molecule has 1 heterocycles. The number of rotatable bonds is 0. The fourth-order valence-electron chi connectivity index (χ4n) is 0.563. The number of aliphatic hydroxyl groups is 2. The van der Waals surface area contributed by atoms with Gasteiger partial charge in [-0.1, -0.05) is 0 Å². The Bertz CT molecular complexity index is 56.0. The van der Waals surface area contributed by atoms with Crippen molar-refractivity contribution in [1.82, 2.24) is 0 Å². The van der Waals surface area contributed by atoms with Crippen molar-refractivity contribution in [3.05, 3.63) is 0 Å². The van der Waals surface area contributed by atoms with Gasteiger partial charge in [-0.25, -0.2) is 0 Å². The van der Waals surface area contributed by atoms with Gasteiger partial charge in [0.15, 0.2) is 6.29 Å². The molecule has 3 nitrogen and oxygen atoms in total. The van der Waals surface area contributed by atoms with E-state index in [0.717, 1.165) is 0 Å². The first kappa shape index (κ1) is 5.03. The topological polar surface area (TPSA) is 49.7 Å². The van der Waals surface area contributed by atoms with Gasteiger partial charge in [-0.05, 0) is 0 Å². The van der Waals surface area contributed by atoms with E-state index < -0.39 is 12.4 Å². The number of ether oxygens (including phenoxy) is 1. The number of hydrogen-bond acceptors (Lipinski definition) is 3. The molecule has 42 valence electrons. The van der Waals surface area contributed by atoms with E-state index in [1.54, 1.807) is 0 Å². The Morgan fingerprint density at radius 1 is 1.43 bits per heavy atom. The van der Waals surface area contributed by atoms with E-state index in [-0.39, 0.29) is 0 Å². The van der Waals surface area contributed by atoms with Crippen molar-refractivity contribution in [2.24, 2.45) is 0 Å². The van der Waals surface area contributed by atoms with Crippen LogP contribution in [0.25, 0.3) is 0 Å². The Balaban J connectivity index is 2.33. The molecular formula is C4H8O3. The van der Waals surface area contributed by atoms with E-state index in [1.165, 1.54) is 0 Å². The molecule has 1 aliphatic heterocycles. The van der Waals surface area contributed by atoms with Gasteiger partial charge >= 0.3 is 0 Å². The predicted octanol–water partition coefficient (Wildman–Crippen LogP) is -0.914. The van der Waals surface area contributed by atoms with Gasteiger partial charge in [0.1, 0.15) is 6.10 Å². The van der Waals surface area contributed by atoms with Crippen LogP contribution >= 0.6 is 0 Å². The summed E-state index contributed by atoms with van der Waals surface area (Å²) in [7, 11) is 0. The van der Waals surface area contributed by atoms with Crippen LogP contribution in [0, 0.1) is 0 Å². The quantitative estimate of drug-likeness (QED) is 0.418. The smallest absolute Gasteiger partial charge is 0.180 e.